The first-order valence-corrected chi connectivity index (χ1v) is 12.9. The van der Waals surface area contributed by atoms with Gasteiger partial charge in [0.25, 0.3) is 0 Å². The molecule has 34 heavy (non-hydrogen) atoms. The zero-order chi connectivity index (χ0) is 23.9. The summed E-state index contributed by atoms with van der Waals surface area (Å²) in [7, 11) is 4.16. The Kier molecular flexibility index (Phi) is 7.61. The Morgan fingerprint density at radius 3 is 2.53 bits per heavy atom. The second-order valence-corrected chi connectivity index (χ2v) is 10.5. The van der Waals surface area contributed by atoms with E-state index in [4.69, 9.17) is 5.26 Å². The van der Waals surface area contributed by atoms with Crippen LogP contribution in [0, 0.1) is 11.3 Å². The van der Waals surface area contributed by atoms with Crippen LogP contribution in [0.1, 0.15) is 11.1 Å². The van der Waals surface area contributed by atoms with Gasteiger partial charge >= 0.3 is 164 Å². The molecular weight excluding hydrogens is 491 g/mol. The molecule has 0 fully saturated rings. The summed E-state index contributed by atoms with van der Waals surface area (Å²) in [6.45, 7) is 1.38. The van der Waals surface area contributed by atoms with Crippen molar-refractivity contribution in [1.82, 2.24) is 24.6 Å². The summed E-state index contributed by atoms with van der Waals surface area (Å²) in [5.41, 5.74) is 3.62. The molecule has 0 atom stereocenters. The molecular formula is C26H24N6OSe. The monoisotopic (exact) mass is 516 g/mol. The second-order valence-electron chi connectivity index (χ2n) is 8.00. The molecule has 0 aliphatic rings. The predicted molar refractivity (Wildman–Crippen MR) is 134 cm³/mol. The van der Waals surface area contributed by atoms with Crippen molar-refractivity contribution in [1.29, 1.82) is 5.26 Å². The third kappa shape index (κ3) is 6.03. The van der Waals surface area contributed by atoms with Gasteiger partial charge in [0.1, 0.15) is 0 Å². The van der Waals surface area contributed by atoms with Gasteiger partial charge in [-0.2, -0.15) is 5.26 Å². The average molecular weight is 515 g/mol. The Hall–Kier alpha value is -3.63. The van der Waals surface area contributed by atoms with Crippen molar-refractivity contribution in [3.63, 3.8) is 0 Å². The molecule has 0 amide bonds. The van der Waals surface area contributed by atoms with Gasteiger partial charge in [-0.05, 0) is 12.1 Å². The molecule has 0 saturated carbocycles. The Morgan fingerprint density at radius 2 is 1.76 bits per heavy atom. The molecule has 4 rings (SSSR count). The predicted octanol–water partition coefficient (Wildman–Crippen LogP) is 2.60. The van der Waals surface area contributed by atoms with Crippen molar-refractivity contribution in [2.45, 2.75) is 11.9 Å². The summed E-state index contributed by atoms with van der Waals surface area (Å²) >= 11 is 0.356. The molecule has 0 aliphatic heterocycles. The third-order valence-electron chi connectivity index (χ3n) is 5.11. The topological polar surface area (TPSA) is 87.7 Å². The van der Waals surface area contributed by atoms with Gasteiger partial charge in [-0.15, -0.1) is 0 Å². The zero-order valence-corrected chi connectivity index (χ0v) is 20.8. The zero-order valence-electron chi connectivity index (χ0n) is 19.0. The molecule has 2 aromatic heterocycles. The molecule has 0 saturated heterocycles. The van der Waals surface area contributed by atoms with Gasteiger partial charge in [0.15, 0.2) is 0 Å². The van der Waals surface area contributed by atoms with E-state index in [1.54, 1.807) is 18.2 Å². The van der Waals surface area contributed by atoms with Gasteiger partial charge in [-0.25, -0.2) is 0 Å². The van der Waals surface area contributed by atoms with Crippen LogP contribution in [-0.2, 0) is 6.54 Å². The third-order valence-corrected chi connectivity index (χ3v) is 7.06. The fourth-order valence-corrected chi connectivity index (χ4v) is 5.32. The number of rotatable bonds is 8. The summed E-state index contributed by atoms with van der Waals surface area (Å²) in [6.07, 6.45) is 3.82. The van der Waals surface area contributed by atoms with Gasteiger partial charge in [0.2, 0.25) is 0 Å². The molecule has 2 heterocycles. The van der Waals surface area contributed by atoms with E-state index in [2.05, 4.69) is 40.1 Å². The normalized spacial score (nSPS) is 10.9. The van der Waals surface area contributed by atoms with E-state index in [0.717, 1.165) is 28.6 Å². The molecule has 0 aliphatic carbocycles. The van der Waals surface area contributed by atoms with Crippen LogP contribution in [0.15, 0.2) is 77.9 Å². The summed E-state index contributed by atoms with van der Waals surface area (Å²) in [6, 6.07) is 20.4. The van der Waals surface area contributed by atoms with Crippen LogP contribution in [0.4, 0.5) is 0 Å². The first kappa shape index (κ1) is 23.5. The summed E-state index contributed by atoms with van der Waals surface area (Å²) in [4.78, 5) is 23.8. The maximum atomic E-state index is 12.5. The van der Waals surface area contributed by atoms with E-state index in [1.807, 2.05) is 48.8 Å². The van der Waals surface area contributed by atoms with Crippen LogP contribution in [0.25, 0.3) is 22.6 Å². The number of hydrogen-bond acceptors (Lipinski definition) is 6. The SMILES string of the molecule is CN(C)CC[Se]c1cnc(-c2cccc(Cn3nc(-c4cccc(C#N)c4)ccc3=O)c2)nc1. The Labute approximate surface area is 204 Å². The van der Waals surface area contributed by atoms with Crippen LogP contribution >= 0.6 is 0 Å². The molecule has 0 spiro atoms. The van der Waals surface area contributed by atoms with Gasteiger partial charge in [0, 0.05) is 0 Å². The van der Waals surface area contributed by atoms with Gasteiger partial charge < -0.3 is 0 Å². The summed E-state index contributed by atoms with van der Waals surface area (Å²) < 4.78 is 2.62. The summed E-state index contributed by atoms with van der Waals surface area (Å²) in [5, 5.41) is 14.8. The van der Waals surface area contributed by atoms with Crippen LogP contribution in [-0.4, -0.2) is 60.2 Å². The Bertz CT molecular complexity index is 1380. The Balaban J connectivity index is 1.53. The number of aromatic nitrogens is 4. The fourth-order valence-electron chi connectivity index (χ4n) is 3.33. The van der Waals surface area contributed by atoms with Crippen molar-refractivity contribution < 1.29 is 0 Å². The molecule has 170 valence electrons. The van der Waals surface area contributed by atoms with Crippen LogP contribution in [0.5, 0.6) is 0 Å². The number of nitriles is 1. The van der Waals surface area contributed by atoms with Gasteiger partial charge in [-0.3, -0.25) is 0 Å². The number of nitrogens with zero attached hydrogens (tertiary/aromatic N) is 6. The van der Waals surface area contributed by atoms with Crippen LogP contribution < -0.4 is 10.0 Å². The van der Waals surface area contributed by atoms with E-state index in [9.17, 15) is 4.79 Å². The first-order valence-electron chi connectivity index (χ1n) is 10.8. The molecule has 0 unspecified atom stereocenters. The van der Waals surface area contributed by atoms with E-state index < -0.39 is 0 Å². The van der Waals surface area contributed by atoms with Gasteiger partial charge in [-0.1, -0.05) is 12.1 Å². The minimum atomic E-state index is -0.189. The van der Waals surface area contributed by atoms with Crippen molar-refractivity contribution in [3.05, 3.63) is 94.5 Å². The molecule has 0 bridgehead atoms. The van der Waals surface area contributed by atoms with E-state index in [1.165, 1.54) is 15.2 Å². The molecule has 0 N–H and O–H groups in total. The average Bonchev–Trinajstić information content (AvgIpc) is 2.86. The quantitative estimate of drug-likeness (QED) is 0.336. The summed E-state index contributed by atoms with van der Waals surface area (Å²) in [5.74, 6) is 0.663. The van der Waals surface area contributed by atoms with Crippen LogP contribution in [0.2, 0.25) is 5.32 Å². The van der Waals surface area contributed by atoms with E-state index >= 15 is 0 Å². The molecule has 8 heteroatoms. The second kappa shape index (κ2) is 11.0. The van der Waals surface area contributed by atoms with Gasteiger partial charge in [0.05, 0.1) is 11.6 Å². The standard InChI is InChI=1S/C26H24N6OSe/c1-31(2)11-12-34-23-16-28-26(29-17-23)22-8-4-6-20(14-22)18-32-25(33)10-9-24(30-32)21-7-3-5-19(13-21)15-27/h3-10,13-14,16-17H,11-12,18H2,1-2H3. The van der Waals surface area contributed by atoms with Crippen molar-refractivity contribution in [3.8, 4) is 28.7 Å². The molecule has 4 aromatic rings. The molecule has 0 radical (unpaired) electrons. The fraction of sp³-hybridized carbons (Fsp3) is 0.192. The van der Waals surface area contributed by atoms with Crippen molar-refractivity contribution >= 4 is 19.4 Å². The van der Waals surface area contributed by atoms with E-state index in [0.29, 0.717) is 38.6 Å². The first-order chi connectivity index (χ1) is 16.5. The van der Waals surface area contributed by atoms with Crippen LogP contribution in [0.3, 0.4) is 0 Å². The van der Waals surface area contributed by atoms with Crippen molar-refractivity contribution in [2.24, 2.45) is 0 Å². The maximum absolute atomic E-state index is 12.5. The van der Waals surface area contributed by atoms with Crippen molar-refractivity contribution in [2.75, 3.05) is 20.6 Å². The Morgan fingerprint density at radius 1 is 1.00 bits per heavy atom. The number of benzene rings is 2. The van der Waals surface area contributed by atoms with E-state index in [-0.39, 0.29) is 5.56 Å². The minimum absolute atomic E-state index is 0.189. The molecule has 7 nitrogen and oxygen atoms in total. The number of hydrogen-bond donors (Lipinski definition) is 0. The molecule has 2 aromatic carbocycles.